The van der Waals surface area contributed by atoms with Crippen molar-refractivity contribution in [3.63, 3.8) is 0 Å². The Hall–Kier alpha value is -1.36. The average molecular weight is 239 g/mol. The minimum Gasteiger partial charge on any atom is -0.469 e. The second kappa shape index (κ2) is 6.27. The molecule has 0 amide bonds. The third-order valence-electron chi connectivity index (χ3n) is 1.87. The van der Waals surface area contributed by atoms with E-state index in [0.29, 0.717) is 5.69 Å². The van der Waals surface area contributed by atoms with E-state index in [0.717, 1.165) is 10.6 Å². The van der Waals surface area contributed by atoms with E-state index >= 15 is 0 Å². The summed E-state index contributed by atoms with van der Waals surface area (Å²) in [5.74, 6) is 0.0102. The van der Waals surface area contributed by atoms with Crippen LogP contribution < -0.4 is 0 Å². The average Bonchev–Trinajstić information content (AvgIpc) is 2.30. The topological polar surface area (TPSA) is 56.3 Å². The summed E-state index contributed by atoms with van der Waals surface area (Å²) in [4.78, 5) is 27.5. The van der Waals surface area contributed by atoms with Gasteiger partial charge in [-0.2, -0.15) is 0 Å². The monoisotopic (exact) mass is 239 g/mol. The number of aromatic nitrogens is 1. The number of nitrogens with zero attached hydrogens (tertiary/aromatic N) is 1. The molecule has 0 aliphatic heterocycles. The quantitative estimate of drug-likeness (QED) is 0.340. The molecule has 1 aromatic heterocycles. The molecule has 0 bridgehead atoms. The van der Waals surface area contributed by atoms with Crippen molar-refractivity contribution >= 4 is 23.5 Å². The van der Waals surface area contributed by atoms with Crippen molar-refractivity contribution in [2.75, 3.05) is 12.9 Å². The summed E-state index contributed by atoms with van der Waals surface area (Å²) >= 11 is 1.53. The molecule has 16 heavy (non-hydrogen) atoms. The molecule has 4 nitrogen and oxygen atoms in total. The number of methoxy groups -OCH3 is 1. The Morgan fingerprint density at radius 3 is 2.88 bits per heavy atom. The highest BCUT2D eigenvalue weighted by molar-refractivity contribution is 7.99. The van der Waals surface area contributed by atoms with Gasteiger partial charge in [0.05, 0.1) is 7.11 Å². The fourth-order valence-electron chi connectivity index (χ4n) is 1.16. The zero-order valence-electron chi connectivity index (χ0n) is 9.23. The molecule has 5 heteroatoms. The van der Waals surface area contributed by atoms with E-state index in [1.165, 1.54) is 18.9 Å². The van der Waals surface area contributed by atoms with Gasteiger partial charge in [0.1, 0.15) is 12.1 Å². The summed E-state index contributed by atoms with van der Waals surface area (Å²) in [6, 6.07) is 3.60. The van der Waals surface area contributed by atoms with E-state index in [9.17, 15) is 9.59 Å². The zero-order valence-corrected chi connectivity index (χ0v) is 10.0. The number of ketones is 1. The van der Waals surface area contributed by atoms with Crippen LogP contribution in [0.3, 0.4) is 0 Å². The normalized spacial score (nSPS) is 9.88. The van der Waals surface area contributed by atoms with Gasteiger partial charge in [-0.25, -0.2) is 0 Å². The first-order valence-corrected chi connectivity index (χ1v) is 5.85. The van der Waals surface area contributed by atoms with Crippen molar-refractivity contribution in [1.29, 1.82) is 0 Å². The number of hydrogen-bond acceptors (Lipinski definition) is 5. The number of pyridine rings is 1. The van der Waals surface area contributed by atoms with Gasteiger partial charge in [-0.3, -0.25) is 14.6 Å². The number of hydrogen-bond donors (Lipinski definition) is 0. The maximum atomic E-state index is 11.7. The predicted molar refractivity (Wildman–Crippen MR) is 61.6 cm³/mol. The molecule has 0 spiro atoms. The van der Waals surface area contributed by atoms with Gasteiger partial charge in [0.15, 0.2) is 5.78 Å². The molecule has 1 heterocycles. The van der Waals surface area contributed by atoms with Crippen molar-refractivity contribution in [3.8, 4) is 0 Å². The van der Waals surface area contributed by atoms with Gasteiger partial charge in [-0.15, -0.1) is 11.8 Å². The molecule has 86 valence electrons. The fourth-order valence-corrected chi connectivity index (χ4v) is 1.95. The molecule has 1 rings (SSSR count). The van der Waals surface area contributed by atoms with E-state index in [-0.39, 0.29) is 12.2 Å². The first kappa shape index (κ1) is 12.7. The van der Waals surface area contributed by atoms with Crippen LogP contribution in [0.15, 0.2) is 23.2 Å². The number of carbonyl (C=O) groups excluding carboxylic acids is 2. The molecular weight excluding hydrogens is 226 g/mol. The molecule has 0 N–H and O–H groups in total. The van der Waals surface area contributed by atoms with Gasteiger partial charge in [0, 0.05) is 11.1 Å². The minimum absolute atomic E-state index is 0.259. The maximum absolute atomic E-state index is 11.7. The van der Waals surface area contributed by atoms with Crippen LogP contribution in [0.5, 0.6) is 0 Å². The second-order valence-electron chi connectivity index (χ2n) is 2.96. The van der Waals surface area contributed by atoms with Crippen molar-refractivity contribution in [3.05, 3.63) is 24.0 Å². The summed E-state index contributed by atoms with van der Waals surface area (Å²) in [7, 11) is 1.26. The number of esters is 1. The van der Waals surface area contributed by atoms with Gasteiger partial charge < -0.3 is 4.74 Å². The van der Waals surface area contributed by atoms with E-state index < -0.39 is 5.97 Å². The highest BCUT2D eigenvalue weighted by Gasteiger charge is 2.16. The Morgan fingerprint density at radius 1 is 1.50 bits per heavy atom. The predicted octanol–water partition coefficient (Wildman–Crippen LogP) is 1.94. The van der Waals surface area contributed by atoms with Gasteiger partial charge in [0.2, 0.25) is 0 Å². The fraction of sp³-hybridized carbons (Fsp3) is 0.364. The van der Waals surface area contributed by atoms with Gasteiger partial charge in [-0.05, 0) is 17.9 Å². The lowest BCUT2D eigenvalue weighted by atomic mass is 10.2. The number of rotatable bonds is 5. The Balaban J connectivity index is 2.85. The zero-order chi connectivity index (χ0) is 12.0. The van der Waals surface area contributed by atoms with Crippen LogP contribution in [-0.2, 0) is 9.53 Å². The molecule has 0 unspecified atom stereocenters. The molecular formula is C11H13NO3S. The number of ether oxygens (including phenoxy) is 1. The lowest BCUT2D eigenvalue weighted by molar-refractivity contribution is -0.139. The van der Waals surface area contributed by atoms with Crippen LogP contribution >= 0.6 is 11.8 Å². The van der Waals surface area contributed by atoms with Gasteiger partial charge >= 0.3 is 5.97 Å². The van der Waals surface area contributed by atoms with E-state index in [2.05, 4.69) is 9.72 Å². The van der Waals surface area contributed by atoms with E-state index in [1.54, 1.807) is 12.3 Å². The minimum atomic E-state index is -0.539. The third-order valence-corrected chi connectivity index (χ3v) is 2.80. The lowest BCUT2D eigenvalue weighted by Crippen LogP contribution is -2.11. The van der Waals surface area contributed by atoms with E-state index in [4.69, 9.17) is 0 Å². The standard InChI is InChI=1S/C11H13NO3S/c1-3-16-9-5-4-6-12-11(9)8(13)7-10(14)15-2/h4-6H,3,7H2,1-2H3. The summed E-state index contributed by atoms with van der Waals surface area (Å²) in [6.07, 6.45) is 1.29. The Labute approximate surface area is 98.4 Å². The Morgan fingerprint density at radius 2 is 2.25 bits per heavy atom. The van der Waals surface area contributed by atoms with Crippen LogP contribution in [0.25, 0.3) is 0 Å². The Bertz CT molecular complexity index is 393. The first-order chi connectivity index (χ1) is 7.69. The largest absolute Gasteiger partial charge is 0.469 e. The molecule has 0 saturated heterocycles. The Kier molecular flexibility index (Phi) is 4.98. The molecule has 0 aliphatic rings. The molecule has 1 aromatic rings. The SMILES string of the molecule is CCSc1cccnc1C(=O)CC(=O)OC. The summed E-state index contributed by atoms with van der Waals surface area (Å²) < 4.78 is 4.45. The summed E-state index contributed by atoms with van der Waals surface area (Å²) in [6.45, 7) is 1.99. The van der Waals surface area contributed by atoms with Gasteiger partial charge in [-0.1, -0.05) is 6.92 Å². The molecule has 0 aromatic carbocycles. The van der Waals surface area contributed by atoms with Crippen LogP contribution in [-0.4, -0.2) is 29.6 Å². The first-order valence-electron chi connectivity index (χ1n) is 4.86. The van der Waals surface area contributed by atoms with Gasteiger partial charge in [0.25, 0.3) is 0 Å². The maximum Gasteiger partial charge on any atom is 0.313 e. The molecule has 0 atom stereocenters. The highest BCUT2D eigenvalue weighted by Crippen LogP contribution is 2.21. The molecule has 0 aliphatic carbocycles. The number of thioether (sulfide) groups is 1. The molecule has 0 radical (unpaired) electrons. The smallest absolute Gasteiger partial charge is 0.313 e. The van der Waals surface area contributed by atoms with E-state index in [1.807, 2.05) is 13.0 Å². The highest BCUT2D eigenvalue weighted by atomic mass is 32.2. The molecule has 0 saturated carbocycles. The van der Waals surface area contributed by atoms with Crippen LogP contribution in [0.2, 0.25) is 0 Å². The number of carbonyl (C=O) groups is 2. The summed E-state index contributed by atoms with van der Waals surface area (Å²) in [5, 5.41) is 0. The van der Waals surface area contributed by atoms with Crippen molar-refractivity contribution in [1.82, 2.24) is 4.98 Å². The van der Waals surface area contributed by atoms with Crippen LogP contribution in [0.4, 0.5) is 0 Å². The number of Topliss-reactive ketones (excluding diaryl/α,β-unsaturated/α-hetero) is 1. The lowest BCUT2D eigenvalue weighted by Gasteiger charge is -2.05. The van der Waals surface area contributed by atoms with Crippen LogP contribution in [0.1, 0.15) is 23.8 Å². The second-order valence-corrected chi connectivity index (χ2v) is 4.27. The van der Waals surface area contributed by atoms with Crippen molar-refractivity contribution < 1.29 is 14.3 Å². The van der Waals surface area contributed by atoms with Crippen molar-refractivity contribution in [2.24, 2.45) is 0 Å². The van der Waals surface area contributed by atoms with Crippen LogP contribution in [0, 0.1) is 0 Å². The van der Waals surface area contributed by atoms with Crippen molar-refractivity contribution in [2.45, 2.75) is 18.2 Å². The third kappa shape index (κ3) is 3.34. The summed E-state index contributed by atoms with van der Waals surface area (Å²) in [5.41, 5.74) is 0.347. The molecule has 0 fully saturated rings.